The first-order chi connectivity index (χ1) is 8.69. The van der Waals surface area contributed by atoms with Crippen molar-refractivity contribution in [1.82, 2.24) is 4.98 Å². The molecule has 18 heavy (non-hydrogen) atoms. The highest BCUT2D eigenvalue weighted by atomic mass is 35.5. The maximum atomic E-state index is 11.3. The van der Waals surface area contributed by atoms with Crippen molar-refractivity contribution in [3.8, 4) is 10.6 Å². The molecule has 1 aromatic carbocycles. The first-order valence-electron chi connectivity index (χ1n) is 5.52. The number of hydrogen-bond donors (Lipinski definition) is 1. The first kappa shape index (κ1) is 11.5. The van der Waals surface area contributed by atoms with Gasteiger partial charge in [0.25, 0.3) is 0 Å². The molecule has 0 saturated carbocycles. The zero-order valence-electron chi connectivity index (χ0n) is 9.66. The standard InChI is InChI=1S/C14H10ClNOS/c1-8-2-3-11-9(6-8)10(7-17)14(16-11)12-4-5-13(15)18-12/h2-7,16H,1H3. The number of fused-ring (bicyclic) bond motifs is 1. The van der Waals surface area contributed by atoms with Crippen molar-refractivity contribution in [1.29, 1.82) is 0 Å². The van der Waals surface area contributed by atoms with E-state index in [4.69, 9.17) is 11.6 Å². The molecular formula is C14H10ClNOS. The number of H-pyrrole nitrogens is 1. The van der Waals surface area contributed by atoms with Crippen molar-refractivity contribution in [2.24, 2.45) is 0 Å². The van der Waals surface area contributed by atoms with Crippen LogP contribution in [0.3, 0.4) is 0 Å². The Morgan fingerprint density at radius 2 is 2.11 bits per heavy atom. The molecule has 0 bridgehead atoms. The number of aromatic amines is 1. The summed E-state index contributed by atoms with van der Waals surface area (Å²) in [7, 11) is 0. The number of carbonyl (C=O) groups excluding carboxylic acids is 1. The van der Waals surface area contributed by atoms with Gasteiger partial charge in [-0.1, -0.05) is 23.2 Å². The van der Waals surface area contributed by atoms with Gasteiger partial charge in [-0.3, -0.25) is 4.79 Å². The number of rotatable bonds is 2. The molecule has 2 heterocycles. The number of halogens is 1. The predicted molar refractivity (Wildman–Crippen MR) is 76.7 cm³/mol. The lowest BCUT2D eigenvalue weighted by molar-refractivity contribution is 0.112. The molecule has 0 aliphatic carbocycles. The van der Waals surface area contributed by atoms with Gasteiger partial charge >= 0.3 is 0 Å². The number of nitrogens with one attached hydrogen (secondary N) is 1. The average Bonchev–Trinajstić information content (AvgIpc) is 2.91. The number of aromatic nitrogens is 1. The zero-order chi connectivity index (χ0) is 12.7. The summed E-state index contributed by atoms with van der Waals surface area (Å²) >= 11 is 7.41. The highest BCUT2D eigenvalue weighted by molar-refractivity contribution is 7.19. The number of thiophene rings is 1. The molecule has 2 aromatic heterocycles. The molecule has 4 heteroatoms. The van der Waals surface area contributed by atoms with E-state index in [0.717, 1.165) is 37.7 Å². The summed E-state index contributed by atoms with van der Waals surface area (Å²) in [5.41, 5.74) is 3.66. The molecule has 0 unspecified atom stereocenters. The lowest BCUT2D eigenvalue weighted by atomic mass is 10.1. The fraction of sp³-hybridized carbons (Fsp3) is 0.0714. The number of hydrogen-bond acceptors (Lipinski definition) is 2. The molecule has 0 fully saturated rings. The Bertz CT molecular complexity index is 741. The average molecular weight is 276 g/mol. The Kier molecular flexibility index (Phi) is 2.73. The van der Waals surface area contributed by atoms with Gasteiger partial charge in [-0.2, -0.15) is 0 Å². The van der Waals surface area contributed by atoms with Crippen molar-refractivity contribution in [2.75, 3.05) is 0 Å². The quantitative estimate of drug-likeness (QED) is 0.677. The van der Waals surface area contributed by atoms with Gasteiger partial charge < -0.3 is 4.98 Å². The SMILES string of the molecule is Cc1ccc2[nH]c(-c3ccc(Cl)s3)c(C=O)c2c1. The van der Waals surface area contributed by atoms with Crippen LogP contribution in [0.25, 0.3) is 21.5 Å². The molecule has 0 atom stereocenters. The van der Waals surface area contributed by atoms with E-state index in [1.807, 2.05) is 37.3 Å². The van der Waals surface area contributed by atoms with Gasteiger partial charge in [0, 0.05) is 16.5 Å². The van der Waals surface area contributed by atoms with Gasteiger partial charge in [0.1, 0.15) is 0 Å². The molecule has 0 aliphatic heterocycles. The van der Waals surface area contributed by atoms with Crippen LogP contribution in [0.15, 0.2) is 30.3 Å². The van der Waals surface area contributed by atoms with Crippen LogP contribution in [0, 0.1) is 6.92 Å². The second-order valence-corrected chi connectivity index (χ2v) is 5.90. The molecule has 0 amide bonds. The van der Waals surface area contributed by atoms with E-state index in [2.05, 4.69) is 4.98 Å². The summed E-state index contributed by atoms with van der Waals surface area (Å²) in [5, 5.41) is 0.963. The summed E-state index contributed by atoms with van der Waals surface area (Å²) in [5.74, 6) is 0. The lowest BCUT2D eigenvalue weighted by Crippen LogP contribution is -1.81. The second-order valence-electron chi connectivity index (χ2n) is 4.18. The molecule has 0 aliphatic rings. The third-order valence-electron chi connectivity index (χ3n) is 2.93. The van der Waals surface area contributed by atoms with E-state index in [1.165, 1.54) is 11.3 Å². The van der Waals surface area contributed by atoms with E-state index in [9.17, 15) is 4.79 Å². The Hall–Kier alpha value is -1.58. The van der Waals surface area contributed by atoms with Gasteiger partial charge in [0.05, 0.1) is 14.9 Å². The fourth-order valence-corrected chi connectivity index (χ4v) is 3.15. The van der Waals surface area contributed by atoms with Crippen molar-refractivity contribution >= 4 is 40.1 Å². The van der Waals surface area contributed by atoms with E-state index in [0.29, 0.717) is 5.56 Å². The van der Waals surface area contributed by atoms with Gasteiger partial charge in [-0.05, 0) is 31.2 Å². The maximum Gasteiger partial charge on any atom is 0.152 e. The molecule has 3 aromatic rings. The van der Waals surface area contributed by atoms with Crippen molar-refractivity contribution in [2.45, 2.75) is 6.92 Å². The van der Waals surface area contributed by atoms with Gasteiger partial charge in [0.2, 0.25) is 0 Å². The monoisotopic (exact) mass is 275 g/mol. The molecule has 0 saturated heterocycles. The minimum Gasteiger partial charge on any atom is -0.353 e. The third-order valence-corrected chi connectivity index (χ3v) is 4.18. The summed E-state index contributed by atoms with van der Waals surface area (Å²) < 4.78 is 0.719. The molecule has 0 radical (unpaired) electrons. The fourth-order valence-electron chi connectivity index (χ4n) is 2.09. The van der Waals surface area contributed by atoms with Crippen LogP contribution >= 0.6 is 22.9 Å². The summed E-state index contributed by atoms with van der Waals surface area (Å²) in [6.07, 6.45) is 0.904. The minimum atomic E-state index is 0.701. The third kappa shape index (κ3) is 1.76. The summed E-state index contributed by atoms with van der Waals surface area (Å²) in [6, 6.07) is 9.81. The molecule has 3 rings (SSSR count). The van der Waals surface area contributed by atoms with Crippen LogP contribution in [0.1, 0.15) is 15.9 Å². The van der Waals surface area contributed by atoms with E-state index in [1.54, 1.807) is 0 Å². The van der Waals surface area contributed by atoms with Crippen LogP contribution in [0.5, 0.6) is 0 Å². The Balaban J connectivity index is 2.32. The zero-order valence-corrected chi connectivity index (χ0v) is 11.2. The number of benzene rings is 1. The molecule has 2 nitrogen and oxygen atoms in total. The number of aldehydes is 1. The van der Waals surface area contributed by atoms with Crippen LogP contribution < -0.4 is 0 Å². The summed E-state index contributed by atoms with van der Waals surface area (Å²) in [6.45, 7) is 2.02. The Morgan fingerprint density at radius 3 is 2.78 bits per heavy atom. The predicted octanol–water partition coefficient (Wildman–Crippen LogP) is 4.67. The number of carbonyl (C=O) groups is 1. The first-order valence-corrected chi connectivity index (χ1v) is 6.71. The molecule has 1 N–H and O–H groups in total. The normalized spacial score (nSPS) is 11.0. The highest BCUT2D eigenvalue weighted by Gasteiger charge is 2.14. The second kappa shape index (κ2) is 4.26. The van der Waals surface area contributed by atoms with Crippen LogP contribution in [-0.2, 0) is 0 Å². The Labute approximate surface area is 113 Å². The van der Waals surface area contributed by atoms with Gasteiger partial charge in [-0.25, -0.2) is 0 Å². The lowest BCUT2D eigenvalue weighted by Gasteiger charge is -1.94. The van der Waals surface area contributed by atoms with E-state index >= 15 is 0 Å². The molecule has 90 valence electrons. The van der Waals surface area contributed by atoms with Crippen molar-refractivity contribution in [3.05, 3.63) is 45.8 Å². The maximum absolute atomic E-state index is 11.3. The minimum absolute atomic E-state index is 0.701. The van der Waals surface area contributed by atoms with Crippen molar-refractivity contribution in [3.63, 3.8) is 0 Å². The van der Waals surface area contributed by atoms with Crippen LogP contribution in [-0.4, -0.2) is 11.3 Å². The number of aryl methyl sites for hydroxylation is 1. The van der Waals surface area contributed by atoms with Crippen LogP contribution in [0.2, 0.25) is 4.34 Å². The molecule has 0 spiro atoms. The summed E-state index contributed by atoms with van der Waals surface area (Å²) in [4.78, 5) is 15.6. The molecular weight excluding hydrogens is 266 g/mol. The largest absolute Gasteiger partial charge is 0.353 e. The smallest absolute Gasteiger partial charge is 0.152 e. The van der Waals surface area contributed by atoms with Gasteiger partial charge in [0.15, 0.2) is 6.29 Å². The van der Waals surface area contributed by atoms with Gasteiger partial charge in [-0.15, -0.1) is 11.3 Å². The van der Waals surface area contributed by atoms with E-state index < -0.39 is 0 Å². The van der Waals surface area contributed by atoms with Crippen molar-refractivity contribution < 1.29 is 4.79 Å². The van der Waals surface area contributed by atoms with Crippen LogP contribution in [0.4, 0.5) is 0 Å². The Morgan fingerprint density at radius 1 is 1.28 bits per heavy atom. The highest BCUT2D eigenvalue weighted by Crippen LogP contribution is 2.35. The van der Waals surface area contributed by atoms with E-state index in [-0.39, 0.29) is 0 Å². The topological polar surface area (TPSA) is 32.9 Å².